The highest BCUT2D eigenvalue weighted by Gasteiger charge is 2.06. The Hall–Kier alpha value is 0.270. The van der Waals surface area contributed by atoms with Crippen LogP contribution in [0.25, 0.3) is 0 Å². The number of nitrogens with zero attached hydrogens (tertiary/aromatic N) is 1. The van der Waals surface area contributed by atoms with Gasteiger partial charge >= 0.3 is 0 Å². The fourth-order valence-corrected chi connectivity index (χ4v) is 1.98. The lowest BCUT2D eigenvalue weighted by Gasteiger charge is -2.16. The molecule has 1 saturated heterocycles. The first-order chi connectivity index (χ1) is 4.93. The Balaban J connectivity index is 2.15. The molecule has 1 fully saturated rings. The third-order valence-electron chi connectivity index (χ3n) is 1.61. The van der Waals surface area contributed by atoms with Crippen molar-refractivity contribution in [1.29, 1.82) is 0 Å². The zero-order valence-corrected chi connectivity index (χ0v) is 7.41. The molecule has 0 unspecified atom stereocenters. The summed E-state index contributed by atoms with van der Waals surface area (Å²) in [5, 5.41) is 3.38. The Morgan fingerprint density at radius 2 is 2.30 bits per heavy atom. The van der Waals surface area contributed by atoms with Gasteiger partial charge in [0.25, 0.3) is 0 Å². The zero-order valence-electron chi connectivity index (χ0n) is 6.60. The minimum absolute atomic E-state index is 1.16. The molecule has 2 nitrogen and oxygen atoms in total. The summed E-state index contributed by atoms with van der Waals surface area (Å²) in [6, 6.07) is 0. The van der Waals surface area contributed by atoms with Gasteiger partial charge < -0.3 is 5.32 Å². The van der Waals surface area contributed by atoms with Crippen molar-refractivity contribution in [3.8, 4) is 0 Å². The van der Waals surface area contributed by atoms with Crippen molar-refractivity contribution in [2.75, 3.05) is 31.9 Å². The molecule has 0 bridgehead atoms. The molecule has 1 rings (SSSR count). The molecule has 10 heavy (non-hydrogen) atoms. The lowest BCUT2D eigenvalue weighted by Crippen LogP contribution is -2.22. The molecule has 0 amide bonds. The van der Waals surface area contributed by atoms with E-state index in [0.717, 1.165) is 6.54 Å². The van der Waals surface area contributed by atoms with Crippen LogP contribution in [0.4, 0.5) is 0 Å². The van der Waals surface area contributed by atoms with Crippen LogP contribution in [0.3, 0.4) is 0 Å². The molecule has 1 N–H and O–H groups in total. The van der Waals surface area contributed by atoms with E-state index in [1.54, 1.807) is 0 Å². The van der Waals surface area contributed by atoms with E-state index in [2.05, 4.69) is 16.5 Å². The number of hydrogen-bond donors (Lipinski definition) is 1. The van der Waals surface area contributed by atoms with Crippen LogP contribution in [0.1, 0.15) is 13.3 Å². The molecule has 0 atom stereocenters. The monoisotopic (exact) mass is 160 g/mol. The molecule has 1 aliphatic rings. The maximum atomic E-state index is 3.38. The SMILES string of the molecule is CCSN1CCCNCC1. The first-order valence-electron chi connectivity index (χ1n) is 4.02. The summed E-state index contributed by atoms with van der Waals surface area (Å²) >= 11 is 1.96. The highest BCUT2D eigenvalue weighted by molar-refractivity contribution is 7.96. The van der Waals surface area contributed by atoms with Crippen molar-refractivity contribution in [2.24, 2.45) is 0 Å². The molecule has 3 heteroatoms. The van der Waals surface area contributed by atoms with Crippen LogP contribution >= 0.6 is 11.9 Å². The third-order valence-corrected chi connectivity index (χ3v) is 2.60. The summed E-state index contributed by atoms with van der Waals surface area (Å²) in [7, 11) is 0. The number of hydrogen-bond acceptors (Lipinski definition) is 3. The average Bonchev–Trinajstić information content (AvgIpc) is 2.17. The molecule has 0 spiro atoms. The van der Waals surface area contributed by atoms with Crippen LogP contribution in [0.5, 0.6) is 0 Å². The normalized spacial score (nSPS) is 22.5. The van der Waals surface area contributed by atoms with Gasteiger partial charge in [-0.1, -0.05) is 18.9 Å². The summed E-state index contributed by atoms with van der Waals surface area (Å²) in [4.78, 5) is 0. The van der Waals surface area contributed by atoms with Crippen molar-refractivity contribution in [2.45, 2.75) is 13.3 Å². The van der Waals surface area contributed by atoms with Crippen molar-refractivity contribution in [3.05, 3.63) is 0 Å². The average molecular weight is 160 g/mol. The van der Waals surface area contributed by atoms with Crippen molar-refractivity contribution >= 4 is 11.9 Å². The van der Waals surface area contributed by atoms with Gasteiger partial charge in [-0.2, -0.15) is 0 Å². The maximum absolute atomic E-state index is 3.38. The molecule has 0 aromatic carbocycles. The van der Waals surface area contributed by atoms with Gasteiger partial charge in [0.1, 0.15) is 0 Å². The first kappa shape index (κ1) is 8.37. The second-order valence-electron chi connectivity index (χ2n) is 2.45. The summed E-state index contributed by atoms with van der Waals surface area (Å²) in [5.74, 6) is 1.21. The standard InChI is InChI=1S/C7H16N2S/c1-2-10-9-6-3-4-8-5-7-9/h8H,2-7H2,1H3. The van der Waals surface area contributed by atoms with Gasteiger partial charge in [0.2, 0.25) is 0 Å². The summed E-state index contributed by atoms with van der Waals surface area (Å²) in [6.45, 7) is 7.03. The van der Waals surface area contributed by atoms with E-state index in [1.165, 1.54) is 31.8 Å². The van der Waals surface area contributed by atoms with E-state index < -0.39 is 0 Å². The van der Waals surface area contributed by atoms with Gasteiger partial charge in [0, 0.05) is 25.4 Å². The molecule has 0 radical (unpaired) electrons. The molecular weight excluding hydrogens is 144 g/mol. The van der Waals surface area contributed by atoms with Crippen molar-refractivity contribution < 1.29 is 0 Å². The topological polar surface area (TPSA) is 15.3 Å². The first-order valence-corrected chi connectivity index (χ1v) is 4.96. The third kappa shape index (κ3) is 2.90. The fraction of sp³-hybridized carbons (Fsp3) is 1.00. The summed E-state index contributed by atoms with van der Waals surface area (Å²) < 4.78 is 2.46. The lowest BCUT2D eigenvalue weighted by atomic mass is 10.4. The van der Waals surface area contributed by atoms with Crippen LogP contribution in [0, 0.1) is 0 Å². The minimum Gasteiger partial charge on any atom is -0.315 e. The molecule has 0 aromatic rings. The second-order valence-corrected chi connectivity index (χ2v) is 3.80. The van der Waals surface area contributed by atoms with E-state index >= 15 is 0 Å². The van der Waals surface area contributed by atoms with Gasteiger partial charge in [-0.05, 0) is 13.0 Å². The Morgan fingerprint density at radius 3 is 3.10 bits per heavy atom. The molecule has 0 aromatic heterocycles. The zero-order chi connectivity index (χ0) is 7.23. The van der Waals surface area contributed by atoms with Crippen LogP contribution in [-0.4, -0.2) is 36.2 Å². The molecule has 0 saturated carbocycles. The van der Waals surface area contributed by atoms with Crippen LogP contribution in [0.2, 0.25) is 0 Å². The van der Waals surface area contributed by atoms with Gasteiger partial charge in [-0.3, -0.25) is 0 Å². The van der Waals surface area contributed by atoms with Crippen LogP contribution in [-0.2, 0) is 0 Å². The molecule has 1 heterocycles. The molecule has 60 valence electrons. The van der Waals surface area contributed by atoms with E-state index in [1.807, 2.05) is 11.9 Å². The predicted octanol–water partition coefficient (Wildman–Crippen LogP) is 0.950. The van der Waals surface area contributed by atoms with Gasteiger partial charge in [0.15, 0.2) is 0 Å². The Kier molecular flexibility index (Phi) is 4.18. The largest absolute Gasteiger partial charge is 0.315 e. The number of rotatable bonds is 2. The van der Waals surface area contributed by atoms with Crippen molar-refractivity contribution in [3.63, 3.8) is 0 Å². The molecule has 0 aliphatic carbocycles. The highest BCUT2D eigenvalue weighted by atomic mass is 32.2. The fourth-order valence-electron chi connectivity index (χ4n) is 1.13. The predicted molar refractivity (Wildman–Crippen MR) is 47.2 cm³/mol. The van der Waals surface area contributed by atoms with E-state index in [9.17, 15) is 0 Å². The lowest BCUT2D eigenvalue weighted by molar-refractivity contribution is 0.502. The van der Waals surface area contributed by atoms with Crippen LogP contribution in [0.15, 0.2) is 0 Å². The summed E-state index contributed by atoms with van der Waals surface area (Å²) in [5.41, 5.74) is 0. The minimum atomic E-state index is 1.16. The smallest absolute Gasteiger partial charge is 0.0215 e. The summed E-state index contributed by atoms with van der Waals surface area (Å²) in [6.07, 6.45) is 1.30. The Labute approximate surface area is 67.5 Å². The second kappa shape index (κ2) is 4.99. The van der Waals surface area contributed by atoms with Gasteiger partial charge in [0.05, 0.1) is 0 Å². The highest BCUT2D eigenvalue weighted by Crippen LogP contribution is 2.09. The van der Waals surface area contributed by atoms with E-state index in [0.29, 0.717) is 0 Å². The van der Waals surface area contributed by atoms with Crippen molar-refractivity contribution in [1.82, 2.24) is 9.62 Å². The Morgan fingerprint density at radius 1 is 1.40 bits per heavy atom. The molecule has 1 aliphatic heterocycles. The quantitative estimate of drug-likeness (QED) is 0.605. The van der Waals surface area contributed by atoms with Crippen LogP contribution < -0.4 is 5.32 Å². The van der Waals surface area contributed by atoms with Gasteiger partial charge in [-0.15, -0.1) is 0 Å². The number of nitrogens with one attached hydrogen (secondary N) is 1. The maximum Gasteiger partial charge on any atom is 0.0215 e. The van der Waals surface area contributed by atoms with E-state index in [4.69, 9.17) is 0 Å². The van der Waals surface area contributed by atoms with Gasteiger partial charge in [-0.25, -0.2) is 4.31 Å². The van der Waals surface area contributed by atoms with E-state index in [-0.39, 0.29) is 0 Å². The Bertz CT molecular complexity index is 79.7. The molecular formula is C7H16N2S.